The number of sulfonamides is 1. The van der Waals surface area contributed by atoms with Gasteiger partial charge in [0.25, 0.3) is 0 Å². The molecule has 0 unspecified atom stereocenters. The largest absolute Gasteiger partial charge is 0.496 e. The summed E-state index contributed by atoms with van der Waals surface area (Å²) >= 11 is 0. The molecule has 1 atom stereocenters. The summed E-state index contributed by atoms with van der Waals surface area (Å²) in [6.07, 6.45) is 2.65. The van der Waals surface area contributed by atoms with Crippen LogP contribution in [-0.2, 0) is 10.0 Å². The molecule has 1 saturated heterocycles. The SMILES string of the molecule is COc1c(C)cc(C(=O)[C@@H]2CCCN(S(C)(=O)=O)C2)cc1C. The van der Waals surface area contributed by atoms with Gasteiger partial charge in [0, 0.05) is 24.6 Å². The first-order valence-corrected chi connectivity index (χ1v) is 9.23. The Morgan fingerprint density at radius 3 is 2.36 bits per heavy atom. The molecule has 22 heavy (non-hydrogen) atoms. The molecule has 5 nitrogen and oxygen atoms in total. The Morgan fingerprint density at radius 2 is 1.86 bits per heavy atom. The van der Waals surface area contributed by atoms with Gasteiger partial charge in [-0.2, -0.15) is 0 Å². The van der Waals surface area contributed by atoms with Crippen molar-refractivity contribution in [2.75, 3.05) is 26.5 Å². The molecular formula is C16H23NO4S. The van der Waals surface area contributed by atoms with E-state index in [0.717, 1.165) is 29.7 Å². The van der Waals surface area contributed by atoms with Crippen LogP contribution in [0, 0.1) is 19.8 Å². The van der Waals surface area contributed by atoms with Crippen LogP contribution in [0.5, 0.6) is 5.75 Å². The van der Waals surface area contributed by atoms with Gasteiger partial charge in [-0.15, -0.1) is 0 Å². The third-order valence-electron chi connectivity index (χ3n) is 4.17. The predicted molar refractivity (Wildman–Crippen MR) is 85.9 cm³/mol. The number of aryl methyl sites for hydroxylation is 2. The van der Waals surface area contributed by atoms with E-state index in [2.05, 4.69) is 0 Å². The number of nitrogens with zero attached hydrogens (tertiary/aromatic N) is 1. The summed E-state index contributed by atoms with van der Waals surface area (Å²) in [6, 6.07) is 3.65. The molecule has 0 aromatic heterocycles. The van der Waals surface area contributed by atoms with E-state index in [9.17, 15) is 13.2 Å². The van der Waals surface area contributed by atoms with Crippen LogP contribution in [0.15, 0.2) is 12.1 Å². The summed E-state index contributed by atoms with van der Waals surface area (Å²) < 4.78 is 30.1. The van der Waals surface area contributed by atoms with E-state index in [1.165, 1.54) is 10.6 Å². The highest BCUT2D eigenvalue weighted by molar-refractivity contribution is 7.88. The van der Waals surface area contributed by atoms with E-state index in [-0.39, 0.29) is 18.2 Å². The Morgan fingerprint density at radius 1 is 1.27 bits per heavy atom. The molecule has 1 aromatic carbocycles. The number of methoxy groups -OCH3 is 1. The molecule has 1 heterocycles. The maximum absolute atomic E-state index is 12.7. The summed E-state index contributed by atoms with van der Waals surface area (Å²) in [5, 5.41) is 0. The minimum Gasteiger partial charge on any atom is -0.496 e. The molecule has 122 valence electrons. The maximum Gasteiger partial charge on any atom is 0.211 e. The van der Waals surface area contributed by atoms with Crippen molar-refractivity contribution in [3.8, 4) is 5.75 Å². The van der Waals surface area contributed by atoms with Gasteiger partial charge in [-0.1, -0.05) is 0 Å². The van der Waals surface area contributed by atoms with Crippen LogP contribution in [0.25, 0.3) is 0 Å². The molecule has 0 saturated carbocycles. The van der Waals surface area contributed by atoms with Gasteiger partial charge >= 0.3 is 0 Å². The third-order valence-corrected chi connectivity index (χ3v) is 5.44. The first-order chi connectivity index (χ1) is 10.2. The van der Waals surface area contributed by atoms with Gasteiger partial charge in [-0.25, -0.2) is 12.7 Å². The van der Waals surface area contributed by atoms with Crippen LogP contribution < -0.4 is 4.74 Å². The highest BCUT2D eigenvalue weighted by atomic mass is 32.2. The van der Waals surface area contributed by atoms with E-state index >= 15 is 0 Å². The number of Topliss-reactive ketones (excluding diaryl/α,β-unsaturated/α-hetero) is 1. The van der Waals surface area contributed by atoms with E-state index in [4.69, 9.17) is 4.74 Å². The molecule has 2 rings (SSSR count). The van der Waals surface area contributed by atoms with Gasteiger partial charge in [0.05, 0.1) is 13.4 Å². The number of hydrogen-bond acceptors (Lipinski definition) is 4. The van der Waals surface area contributed by atoms with Crippen molar-refractivity contribution < 1.29 is 17.9 Å². The predicted octanol–water partition coefficient (Wildman–Crippen LogP) is 2.17. The Bertz CT molecular complexity index is 658. The quantitative estimate of drug-likeness (QED) is 0.796. The molecular weight excluding hydrogens is 302 g/mol. The van der Waals surface area contributed by atoms with Crippen LogP contribution >= 0.6 is 0 Å². The highest BCUT2D eigenvalue weighted by Crippen LogP contribution is 2.28. The molecule has 1 aliphatic rings. The van der Waals surface area contributed by atoms with Crippen molar-refractivity contribution in [1.82, 2.24) is 4.31 Å². The van der Waals surface area contributed by atoms with Crippen LogP contribution in [-0.4, -0.2) is 45.0 Å². The van der Waals surface area contributed by atoms with Crippen molar-refractivity contribution in [3.63, 3.8) is 0 Å². The van der Waals surface area contributed by atoms with Gasteiger partial charge in [-0.3, -0.25) is 4.79 Å². The molecule has 6 heteroatoms. The number of rotatable bonds is 4. The minimum atomic E-state index is -3.24. The smallest absolute Gasteiger partial charge is 0.211 e. The average molecular weight is 325 g/mol. The number of hydrogen-bond donors (Lipinski definition) is 0. The van der Waals surface area contributed by atoms with Crippen molar-refractivity contribution in [2.45, 2.75) is 26.7 Å². The van der Waals surface area contributed by atoms with Gasteiger partial charge in [0.15, 0.2) is 5.78 Å². The molecule has 1 fully saturated rings. The number of benzene rings is 1. The Balaban J connectivity index is 2.25. The summed E-state index contributed by atoms with van der Waals surface area (Å²) in [6.45, 7) is 4.60. The lowest BCUT2D eigenvalue weighted by molar-refractivity contribution is 0.0872. The third kappa shape index (κ3) is 3.50. The molecule has 1 aromatic rings. The zero-order valence-corrected chi connectivity index (χ0v) is 14.4. The monoisotopic (exact) mass is 325 g/mol. The summed E-state index contributed by atoms with van der Waals surface area (Å²) in [5.74, 6) is 0.538. The lowest BCUT2D eigenvalue weighted by Gasteiger charge is -2.30. The maximum atomic E-state index is 12.7. The molecule has 1 aliphatic heterocycles. The van der Waals surface area contributed by atoms with E-state index in [1.54, 1.807) is 7.11 Å². The molecule has 0 amide bonds. The first-order valence-electron chi connectivity index (χ1n) is 7.38. The normalized spacial score (nSPS) is 19.9. The van der Waals surface area contributed by atoms with Crippen LogP contribution in [0.1, 0.15) is 34.3 Å². The molecule has 0 bridgehead atoms. The lowest BCUT2D eigenvalue weighted by atomic mass is 9.89. The second-order valence-electron chi connectivity index (χ2n) is 5.97. The number of carbonyl (C=O) groups excluding carboxylic acids is 1. The molecule has 0 aliphatic carbocycles. The zero-order chi connectivity index (χ0) is 16.5. The van der Waals surface area contributed by atoms with E-state index < -0.39 is 10.0 Å². The Labute approximate surface area is 132 Å². The van der Waals surface area contributed by atoms with Crippen LogP contribution in [0.4, 0.5) is 0 Å². The fourth-order valence-corrected chi connectivity index (χ4v) is 4.02. The zero-order valence-electron chi connectivity index (χ0n) is 13.5. The van der Waals surface area contributed by atoms with Gasteiger partial charge in [0.2, 0.25) is 10.0 Å². The second kappa shape index (κ2) is 6.38. The minimum absolute atomic E-state index is 0.0159. The summed E-state index contributed by atoms with van der Waals surface area (Å²) in [5.41, 5.74) is 2.47. The summed E-state index contributed by atoms with van der Waals surface area (Å²) in [7, 11) is -1.63. The van der Waals surface area contributed by atoms with Crippen molar-refractivity contribution in [3.05, 3.63) is 28.8 Å². The number of ketones is 1. The molecule has 0 radical (unpaired) electrons. The Kier molecular flexibility index (Phi) is 4.92. The highest BCUT2D eigenvalue weighted by Gasteiger charge is 2.31. The van der Waals surface area contributed by atoms with Crippen molar-refractivity contribution >= 4 is 15.8 Å². The average Bonchev–Trinajstić information content (AvgIpc) is 2.45. The number of carbonyl (C=O) groups is 1. The molecule has 0 spiro atoms. The fraction of sp³-hybridized carbons (Fsp3) is 0.562. The van der Waals surface area contributed by atoms with Crippen molar-refractivity contribution in [2.24, 2.45) is 5.92 Å². The Hall–Kier alpha value is -1.40. The van der Waals surface area contributed by atoms with Gasteiger partial charge < -0.3 is 4.74 Å². The number of piperidine rings is 1. The van der Waals surface area contributed by atoms with Crippen LogP contribution in [0.2, 0.25) is 0 Å². The van der Waals surface area contributed by atoms with E-state index in [0.29, 0.717) is 12.1 Å². The van der Waals surface area contributed by atoms with Gasteiger partial charge in [0.1, 0.15) is 5.75 Å². The topological polar surface area (TPSA) is 63.7 Å². The lowest BCUT2D eigenvalue weighted by Crippen LogP contribution is -2.41. The van der Waals surface area contributed by atoms with E-state index in [1.807, 2.05) is 26.0 Å². The standard InChI is InChI=1S/C16H23NO4S/c1-11-8-14(9-12(2)16(11)21-3)15(18)13-6-5-7-17(10-13)22(4,19)20/h8-9,13H,5-7,10H2,1-4H3/t13-/m1/s1. The van der Waals surface area contributed by atoms with Crippen LogP contribution in [0.3, 0.4) is 0 Å². The fourth-order valence-electron chi connectivity index (χ4n) is 3.11. The van der Waals surface area contributed by atoms with Gasteiger partial charge in [-0.05, 0) is 49.9 Å². The second-order valence-corrected chi connectivity index (χ2v) is 7.95. The first kappa shape index (κ1) is 17.0. The molecule has 0 N–H and O–H groups in total. The number of ether oxygens (including phenoxy) is 1. The van der Waals surface area contributed by atoms with Crippen molar-refractivity contribution in [1.29, 1.82) is 0 Å². The summed E-state index contributed by atoms with van der Waals surface area (Å²) in [4.78, 5) is 12.7.